The van der Waals surface area contributed by atoms with Crippen LogP contribution in [0.1, 0.15) is 72.4 Å². The zero-order valence-corrected chi connectivity index (χ0v) is 25.1. The summed E-state index contributed by atoms with van der Waals surface area (Å²) >= 11 is 0. The van der Waals surface area contributed by atoms with Crippen LogP contribution in [0.15, 0.2) is 54.6 Å². The molecule has 8 heteroatoms. The second kappa shape index (κ2) is 10.4. The molecule has 6 atom stereocenters. The highest BCUT2D eigenvalue weighted by Crippen LogP contribution is 2.59. The third-order valence-corrected chi connectivity index (χ3v) is 9.23. The molecule has 4 aliphatic rings. The van der Waals surface area contributed by atoms with E-state index >= 15 is 0 Å². The number of hydrogen-bond acceptors (Lipinski definition) is 6. The van der Waals surface area contributed by atoms with E-state index in [0.717, 1.165) is 6.42 Å². The molecule has 5 rings (SSSR count). The number of carbonyl (C=O) groups excluding carboxylic acids is 3. The van der Waals surface area contributed by atoms with Crippen LogP contribution < -0.4 is 0 Å². The van der Waals surface area contributed by atoms with Gasteiger partial charge in [0.25, 0.3) is 0 Å². The maximum absolute atomic E-state index is 14.9. The molecule has 0 bridgehead atoms. The lowest BCUT2D eigenvalue weighted by atomic mass is 9.73. The molecule has 2 saturated heterocycles. The van der Waals surface area contributed by atoms with Gasteiger partial charge in [-0.3, -0.25) is 14.4 Å². The van der Waals surface area contributed by atoms with Crippen molar-refractivity contribution in [1.29, 1.82) is 0 Å². The first kappa shape index (κ1) is 29.5. The van der Waals surface area contributed by atoms with E-state index in [-0.39, 0.29) is 30.4 Å². The Labute approximate surface area is 243 Å². The first-order valence-electron chi connectivity index (χ1n) is 14.8. The van der Waals surface area contributed by atoms with E-state index < -0.39 is 46.6 Å². The van der Waals surface area contributed by atoms with Crippen LogP contribution in [0.5, 0.6) is 0 Å². The molecule has 4 aliphatic heterocycles. The summed E-state index contributed by atoms with van der Waals surface area (Å²) in [5.41, 5.74) is -2.39. The van der Waals surface area contributed by atoms with Crippen molar-refractivity contribution in [2.24, 2.45) is 17.3 Å². The molecule has 1 aromatic rings. The molecule has 4 heterocycles. The van der Waals surface area contributed by atoms with E-state index in [0.29, 0.717) is 24.9 Å². The number of cyclic esters (lactones) is 1. The molecular formula is C33H44N2O6. The van der Waals surface area contributed by atoms with Gasteiger partial charge in [-0.2, -0.15) is 0 Å². The first-order valence-corrected chi connectivity index (χ1v) is 14.8. The number of hydrogen-bond donors (Lipinski definition) is 1. The Hall–Kier alpha value is -2.97. The van der Waals surface area contributed by atoms with Gasteiger partial charge in [0.15, 0.2) is 0 Å². The highest BCUT2D eigenvalue weighted by Gasteiger charge is 2.76. The fraction of sp³-hybridized carbons (Fsp3) is 0.606. The predicted molar refractivity (Wildman–Crippen MR) is 154 cm³/mol. The van der Waals surface area contributed by atoms with Gasteiger partial charge >= 0.3 is 5.97 Å². The third kappa shape index (κ3) is 4.73. The Morgan fingerprint density at radius 1 is 1.00 bits per heavy atom. The van der Waals surface area contributed by atoms with Crippen molar-refractivity contribution < 1.29 is 29.0 Å². The van der Waals surface area contributed by atoms with Crippen LogP contribution in [-0.2, 0) is 23.9 Å². The molecule has 0 aliphatic carbocycles. The molecular weight excluding hydrogens is 520 g/mol. The molecule has 222 valence electrons. The molecule has 1 aromatic carbocycles. The van der Waals surface area contributed by atoms with Gasteiger partial charge in [-0.05, 0) is 44.1 Å². The molecule has 8 nitrogen and oxygen atoms in total. The summed E-state index contributed by atoms with van der Waals surface area (Å²) in [6.07, 6.45) is 9.34. The standard InChI is InChI=1S/C33H44N2O6/c1-7-32-16-11-12-19-40-29(39)25(32)24-27(37)35(23(20-36)22-14-9-8-10-15-22)26-28(38)34(18-13-17-33(24,26)41-32)31(5,6)21-30(2,3)4/h8-11,13-17,23-26,36H,7,12,18-21H2,1-6H3/t23-,24+,25+,26?,32-,33+/m1/s1. The minimum atomic E-state index is -1.41. The van der Waals surface area contributed by atoms with Gasteiger partial charge in [0.2, 0.25) is 11.8 Å². The first-order chi connectivity index (χ1) is 19.3. The summed E-state index contributed by atoms with van der Waals surface area (Å²) in [5.74, 6) is -3.01. The number of benzene rings is 1. The van der Waals surface area contributed by atoms with Crippen LogP contribution in [-0.4, -0.2) is 75.2 Å². The van der Waals surface area contributed by atoms with Crippen molar-refractivity contribution in [3.63, 3.8) is 0 Å². The highest BCUT2D eigenvalue weighted by atomic mass is 16.6. The van der Waals surface area contributed by atoms with Crippen LogP contribution in [0.4, 0.5) is 0 Å². The van der Waals surface area contributed by atoms with Crippen LogP contribution in [0.2, 0.25) is 0 Å². The quantitative estimate of drug-likeness (QED) is 0.411. The predicted octanol–water partition coefficient (Wildman–Crippen LogP) is 4.20. The van der Waals surface area contributed by atoms with E-state index in [4.69, 9.17) is 9.47 Å². The summed E-state index contributed by atoms with van der Waals surface area (Å²) in [5, 5.41) is 10.7. The summed E-state index contributed by atoms with van der Waals surface area (Å²) in [6.45, 7) is 12.7. The number of nitrogens with zero attached hydrogens (tertiary/aromatic N) is 2. The number of fused-ring (bicyclic) bond motifs is 2. The lowest BCUT2D eigenvalue weighted by Crippen LogP contribution is -2.60. The van der Waals surface area contributed by atoms with Crippen molar-refractivity contribution in [1.82, 2.24) is 9.80 Å². The molecule has 2 amide bonds. The molecule has 1 unspecified atom stereocenters. The fourth-order valence-electron chi connectivity index (χ4n) is 7.97. The Morgan fingerprint density at radius 3 is 2.34 bits per heavy atom. The Kier molecular flexibility index (Phi) is 7.48. The lowest BCUT2D eigenvalue weighted by Gasteiger charge is -2.46. The van der Waals surface area contributed by atoms with Gasteiger partial charge in [0.05, 0.1) is 25.2 Å². The Morgan fingerprint density at radius 2 is 1.71 bits per heavy atom. The molecule has 1 N–H and O–H groups in total. The van der Waals surface area contributed by atoms with E-state index in [1.54, 1.807) is 0 Å². The summed E-state index contributed by atoms with van der Waals surface area (Å²) < 4.78 is 12.6. The van der Waals surface area contributed by atoms with Gasteiger partial charge in [-0.1, -0.05) is 82.3 Å². The number of likely N-dealkylation sites (tertiary alicyclic amines) is 1. The third-order valence-electron chi connectivity index (χ3n) is 9.23. The number of amides is 2. The minimum absolute atomic E-state index is 0.0565. The van der Waals surface area contributed by atoms with Crippen molar-refractivity contribution in [2.45, 2.75) is 89.6 Å². The van der Waals surface area contributed by atoms with Gasteiger partial charge in [0, 0.05) is 12.1 Å². The van der Waals surface area contributed by atoms with Gasteiger partial charge in [0.1, 0.15) is 23.2 Å². The van der Waals surface area contributed by atoms with E-state index in [2.05, 4.69) is 34.6 Å². The molecule has 2 fully saturated rings. The SMILES string of the molecule is CC[C@@]12C=CCCOC(=O)[C@@H]1[C@H]1C(=O)N([C@H](CO)c3ccccc3)C3C(=O)N(C(C)(C)CC(C)(C)C)CC=C[C@@]31O2. The lowest BCUT2D eigenvalue weighted by molar-refractivity contribution is -0.165. The molecule has 0 aromatic heterocycles. The van der Waals surface area contributed by atoms with E-state index in [9.17, 15) is 19.5 Å². The number of aliphatic hydroxyl groups excluding tert-OH is 1. The second-order valence-corrected chi connectivity index (χ2v) is 13.7. The number of aliphatic hydroxyl groups is 1. The second-order valence-electron chi connectivity index (χ2n) is 13.7. The summed E-state index contributed by atoms with van der Waals surface area (Å²) in [7, 11) is 0. The maximum atomic E-state index is 14.9. The zero-order chi connectivity index (χ0) is 29.8. The van der Waals surface area contributed by atoms with Crippen LogP contribution in [0.3, 0.4) is 0 Å². The molecule has 1 spiro atoms. The van der Waals surface area contributed by atoms with E-state index in [1.165, 1.54) is 4.90 Å². The van der Waals surface area contributed by atoms with Crippen LogP contribution in [0.25, 0.3) is 0 Å². The maximum Gasteiger partial charge on any atom is 0.313 e. The smallest absolute Gasteiger partial charge is 0.313 e. The number of ether oxygens (including phenoxy) is 2. The molecule has 0 saturated carbocycles. The highest BCUT2D eigenvalue weighted by molar-refractivity contribution is 5.99. The van der Waals surface area contributed by atoms with Gasteiger partial charge < -0.3 is 24.4 Å². The number of esters is 1. The monoisotopic (exact) mass is 564 g/mol. The largest absolute Gasteiger partial charge is 0.465 e. The summed E-state index contributed by atoms with van der Waals surface area (Å²) in [4.78, 5) is 46.6. The number of carbonyl (C=O) groups is 3. The summed E-state index contributed by atoms with van der Waals surface area (Å²) in [6, 6.07) is 7.38. The van der Waals surface area contributed by atoms with Crippen molar-refractivity contribution >= 4 is 17.8 Å². The van der Waals surface area contributed by atoms with Crippen molar-refractivity contribution in [3.8, 4) is 0 Å². The molecule has 41 heavy (non-hydrogen) atoms. The average molecular weight is 565 g/mol. The van der Waals surface area contributed by atoms with E-state index in [1.807, 2.05) is 66.5 Å². The zero-order valence-electron chi connectivity index (χ0n) is 25.1. The van der Waals surface area contributed by atoms with Gasteiger partial charge in [-0.15, -0.1) is 0 Å². The number of rotatable bonds is 6. The minimum Gasteiger partial charge on any atom is -0.465 e. The van der Waals surface area contributed by atoms with Crippen LogP contribution in [0, 0.1) is 17.3 Å². The van der Waals surface area contributed by atoms with Crippen molar-refractivity contribution in [3.05, 3.63) is 60.2 Å². The van der Waals surface area contributed by atoms with Gasteiger partial charge in [-0.25, -0.2) is 0 Å². The Bertz CT molecular complexity index is 1250. The normalized spacial score (nSPS) is 32.6. The average Bonchev–Trinajstić information content (AvgIpc) is 3.24. The Balaban J connectivity index is 1.71. The fourth-order valence-corrected chi connectivity index (χ4v) is 7.97. The van der Waals surface area contributed by atoms with Crippen molar-refractivity contribution in [2.75, 3.05) is 19.8 Å². The van der Waals surface area contributed by atoms with Crippen LogP contribution >= 0.6 is 0 Å². The molecule has 0 radical (unpaired) electrons. The topological polar surface area (TPSA) is 96.4 Å².